The van der Waals surface area contributed by atoms with E-state index >= 15 is 0 Å². The first kappa shape index (κ1) is 13.9. The Morgan fingerprint density at radius 2 is 1.71 bits per heavy atom. The number of pyridine rings is 1. The predicted molar refractivity (Wildman–Crippen MR) is 48.8 cm³/mol. The molecule has 0 aliphatic carbocycles. The second kappa shape index (κ2) is 4.59. The molecule has 1 N–H and O–H groups in total. The Hall–Kier alpha value is -1.18. The summed E-state index contributed by atoms with van der Waals surface area (Å²) >= 11 is 5.27. The largest absolute Gasteiger partial charge is 0.416 e. The fourth-order valence-corrected chi connectivity index (χ4v) is 1.15. The monoisotopic (exact) mass is 278 g/mol. The van der Waals surface area contributed by atoms with Crippen molar-refractivity contribution >= 4 is 17.4 Å². The number of aromatic nitrogens is 1. The third-order valence-corrected chi connectivity index (χ3v) is 1.78. The summed E-state index contributed by atoms with van der Waals surface area (Å²) in [5.41, 5.74) is -1.16. The Bertz CT molecular complexity index is 400. The summed E-state index contributed by atoms with van der Waals surface area (Å²) in [6.07, 6.45) is -9.25. The minimum Gasteiger partial charge on any atom is -0.361 e. The standard InChI is InChI=1S/C8H5ClF6N2/c9-5-1-4(8(13,14)15)2-6(17-5)16-3-7(10,11)12/h1-2H,3H2,(H,16,17). The number of anilines is 1. The number of hydrogen-bond donors (Lipinski definition) is 1. The van der Waals surface area contributed by atoms with E-state index in [0.717, 1.165) is 0 Å². The molecule has 0 bridgehead atoms. The smallest absolute Gasteiger partial charge is 0.361 e. The summed E-state index contributed by atoms with van der Waals surface area (Å²) in [6, 6.07) is 0.984. The highest BCUT2D eigenvalue weighted by Gasteiger charge is 2.32. The van der Waals surface area contributed by atoms with Crippen LogP contribution in [0, 0.1) is 0 Å². The van der Waals surface area contributed by atoms with Gasteiger partial charge in [-0.3, -0.25) is 0 Å². The SMILES string of the molecule is FC(F)(F)CNc1cc(C(F)(F)F)cc(Cl)n1. The topological polar surface area (TPSA) is 24.9 Å². The Morgan fingerprint density at radius 3 is 2.18 bits per heavy atom. The molecule has 0 unspecified atom stereocenters. The molecule has 0 radical (unpaired) electrons. The van der Waals surface area contributed by atoms with Crippen LogP contribution in [-0.4, -0.2) is 17.7 Å². The Morgan fingerprint density at radius 1 is 1.12 bits per heavy atom. The first-order chi connectivity index (χ1) is 7.58. The van der Waals surface area contributed by atoms with E-state index < -0.39 is 35.4 Å². The summed E-state index contributed by atoms with van der Waals surface area (Å²) in [6.45, 7) is -1.49. The highest BCUT2D eigenvalue weighted by atomic mass is 35.5. The van der Waals surface area contributed by atoms with Crippen molar-refractivity contribution in [3.8, 4) is 0 Å². The molecule has 0 aliphatic rings. The Balaban J connectivity index is 2.91. The summed E-state index contributed by atoms with van der Waals surface area (Å²) in [5.74, 6) is -0.581. The first-order valence-corrected chi connectivity index (χ1v) is 4.51. The van der Waals surface area contributed by atoms with Crippen LogP contribution in [0.2, 0.25) is 5.15 Å². The normalized spacial score (nSPS) is 12.6. The number of nitrogens with one attached hydrogen (secondary N) is 1. The van der Waals surface area contributed by atoms with Crippen LogP contribution in [0.4, 0.5) is 32.2 Å². The van der Waals surface area contributed by atoms with Gasteiger partial charge in [0.1, 0.15) is 17.5 Å². The van der Waals surface area contributed by atoms with Crippen molar-refractivity contribution in [3.05, 3.63) is 22.8 Å². The van der Waals surface area contributed by atoms with Crippen molar-refractivity contribution in [2.24, 2.45) is 0 Å². The van der Waals surface area contributed by atoms with Crippen molar-refractivity contribution in [2.75, 3.05) is 11.9 Å². The molecule has 0 aromatic carbocycles. The molecule has 9 heteroatoms. The second-order valence-corrected chi connectivity index (χ2v) is 3.42. The number of nitrogens with zero attached hydrogens (tertiary/aromatic N) is 1. The van der Waals surface area contributed by atoms with Gasteiger partial charge in [-0.25, -0.2) is 4.98 Å². The van der Waals surface area contributed by atoms with Crippen LogP contribution in [0.25, 0.3) is 0 Å². The first-order valence-electron chi connectivity index (χ1n) is 4.13. The summed E-state index contributed by atoms with van der Waals surface area (Å²) in [7, 11) is 0. The van der Waals surface area contributed by atoms with Crippen molar-refractivity contribution in [1.29, 1.82) is 0 Å². The molecule has 0 atom stereocenters. The van der Waals surface area contributed by atoms with Gasteiger partial charge >= 0.3 is 12.4 Å². The zero-order valence-electron chi connectivity index (χ0n) is 7.95. The van der Waals surface area contributed by atoms with E-state index in [1.54, 1.807) is 5.32 Å². The molecule has 0 aliphatic heterocycles. The molecule has 96 valence electrons. The zero-order valence-corrected chi connectivity index (χ0v) is 8.71. The van der Waals surface area contributed by atoms with Gasteiger partial charge in [0.25, 0.3) is 0 Å². The van der Waals surface area contributed by atoms with Gasteiger partial charge in [-0.2, -0.15) is 26.3 Å². The number of alkyl halides is 6. The molecular formula is C8H5ClF6N2. The van der Waals surface area contributed by atoms with Gasteiger partial charge in [0.05, 0.1) is 5.56 Å². The molecule has 2 nitrogen and oxygen atoms in total. The van der Waals surface area contributed by atoms with Crippen molar-refractivity contribution < 1.29 is 26.3 Å². The van der Waals surface area contributed by atoms with Gasteiger partial charge in [-0.1, -0.05) is 11.6 Å². The van der Waals surface area contributed by atoms with Crippen LogP contribution >= 0.6 is 11.6 Å². The maximum atomic E-state index is 12.3. The van der Waals surface area contributed by atoms with Crippen LogP contribution in [0.1, 0.15) is 5.56 Å². The molecule has 1 heterocycles. The molecule has 0 saturated carbocycles. The van der Waals surface area contributed by atoms with E-state index in [-0.39, 0.29) is 0 Å². The van der Waals surface area contributed by atoms with Crippen molar-refractivity contribution in [3.63, 3.8) is 0 Å². The van der Waals surface area contributed by atoms with E-state index in [1.165, 1.54) is 0 Å². The lowest BCUT2D eigenvalue weighted by Gasteiger charge is -2.12. The van der Waals surface area contributed by atoms with E-state index in [4.69, 9.17) is 11.6 Å². The van der Waals surface area contributed by atoms with E-state index in [1.807, 2.05) is 0 Å². The van der Waals surface area contributed by atoms with Crippen molar-refractivity contribution in [1.82, 2.24) is 4.98 Å². The fourth-order valence-electron chi connectivity index (χ4n) is 0.942. The van der Waals surface area contributed by atoms with Gasteiger partial charge in [-0.05, 0) is 12.1 Å². The maximum Gasteiger partial charge on any atom is 0.416 e. The number of rotatable bonds is 2. The molecule has 0 saturated heterocycles. The van der Waals surface area contributed by atoms with Gasteiger partial charge in [0, 0.05) is 0 Å². The highest BCUT2D eigenvalue weighted by Crippen LogP contribution is 2.32. The van der Waals surface area contributed by atoms with Crippen LogP contribution in [0.5, 0.6) is 0 Å². The Kier molecular flexibility index (Phi) is 3.75. The average Bonchev–Trinajstić information content (AvgIpc) is 2.11. The molecular weight excluding hydrogens is 274 g/mol. The third kappa shape index (κ3) is 4.68. The molecule has 0 fully saturated rings. The Labute approximate surface area is 96.6 Å². The van der Waals surface area contributed by atoms with E-state index in [9.17, 15) is 26.3 Å². The predicted octanol–water partition coefficient (Wildman–Crippen LogP) is 3.73. The fraction of sp³-hybridized carbons (Fsp3) is 0.375. The lowest BCUT2D eigenvalue weighted by atomic mass is 10.2. The molecule has 1 aromatic rings. The molecule has 17 heavy (non-hydrogen) atoms. The van der Waals surface area contributed by atoms with Crippen molar-refractivity contribution in [2.45, 2.75) is 12.4 Å². The minimum atomic E-state index is -4.69. The number of hydrogen-bond acceptors (Lipinski definition) is 2. The summed E-state index contributed by atoms with van der Waals surface area (Å²) < 4.78 is 72.3. The average molecular weight is 279 g/mol. The van der Waals surface area contributed by atoms with Gasteiger partial charge < -0.3 is 5.32 Å². The second-order valence-electron chi connectivity index (χ2n) is 3.03. The van der Waals surface area contributed by atoms with Gasteiger partial charge in [0.15, 0.2) is 0 Å². The summed E-state index contributed by atoms with van der Waals surface area (Å²) in [4.78, 5) is 3.30. The molecule has 1 aromatic heterocycles. The van der Waals surface area contributed by atoms with Crippen LogP contribution in [-0.2, 0) is 6.18 Å². The molecule has 0 amide bonds. The maximum absolute atomic E-state index is 12.3. The minimum absolute atomic E-state index is 0.456. The molecule has 1 rings (SSSR count). The van der Waals surface area contributed by atoms with E-state index in [0.29, 0.717) is 12.1 Å². The number of halogens is 7. The lowest BCUT2D eigenvalue weighted by molar-refractivity contribution is -0.137. The zero-order chi connectivity index (χ0) is 13.3. The van der Waals surface area contributed by atoms with Gasteiger partial charge in [0.2, 0.25) is 0 Å². The van der Waals surface area contributed by atoms with E-state index in [2.05, 4.69) is 4.98 Å². The van der Waals surface area contributed by atoms with Crippen LogP contribution in [0.15, 0.2) is 12.1 Å². The quantitative estimate of drug-likeness (QED) is 0.659. The van der Waals surface area contributed by atoms with Crippen LogP contribution < -0.4 is 5.32 Å². The molecule has 0 spiro atoms. The van der Waals surface area contributed by atoms with Crippen LogP contribution in [0.3, 0.4) is 0 Å². The van der Waals surface area contributed by atoms with Gasteiger partial charge in [-0.15, -0.1) is 0 Å². The lowest BCUT2D eigenvalue weighted by Crippen LogP contribution is -2.22. The highest BCUT2D eigenvalue weighted by molar-refractivity contribution is 6.29. The summed E-state index contributed by atoms with van der Waals surface area (Å²) in [5, 5.41) is 1.18. The third-order valence-electron chi connectivity index (χ3n) is 1.59.